The standard InChI is InChI=1S/C16H23ClN2O/c1-3-16(7-9-18-10-8-16)15(20)19-12(2)13-5-4-6-14(17)11-13/h4-6,11-12,18H,3,7-10H2,1-2H3,(H,19,20). The van der Waals surface area contributed by atoms with Crippen LogP contribution in [-0.2, 0) is 4.79 Å². The van der Waals surface area contributed by atoms with E-state index in [2.05, 4.69) is 17.6 Å². The second kappa shape index (κ2) is 6.59. The van der Waals surface area contributed by atoms with Crippen molar-refractivity contribution in [2.24, 2.45) is 5.41 Å². The number of nitrogens with one attached hydrogen (secondary N) is 2. The fraction of sp³-hybridized carbons (Fsp3) is 0.562. The Morgan fingerprint density at radius 2 is 2.15 bits per heavy atom. The van der Waals surface area contributed by atoms with Crippen LogP contribution in [0.5, 0.6) is 0 Å². The molecule has 1 amide bonds. The number of amides is 1. The summed E-state index contributed by atoms with van der Waals surface area (Å²) < 4.78 is 0. The van der Waals surface area contributed by atoms with E-state index in [1.54, 1.807) is 0 Å². The lowest BCUT2D eigenvalue weighted by atomic mass is 9.75. The molecule has 0 bridgehead atoms. The molecule has 1 atom stereocenters. The van der Waals surface area contributed by atoms with E-state index in [4.69, 9.17) is 11.6 Å². The lowest BCUT2D eigenvalue weighted by molar-refractivity contribution is -0.133. The third-order valence-electron chi connectivity index (χ3n) is 4.42. The quantitative estimate of drug-likeness (QED) is 0.894. The minimum Gasteiger partial charge on any atom is -0.349 e. The van der Waals surface area contributed by atoms with Crippen LogP contribution in [-0.4, -0.2) is 19.0 Å². The molecule has 1 aliphatic rings. The summed E-state index contributed by atoms with van der Waals surface area (Å²) in [5.74, 6) is 0.175. The van der Waals surface area contributed by atoms with Crippen molar-refractivity contribution in [1.29, 1.82) is 0 Å². The van der Waals surface area contributed by atoms with Gasteiger partial charge in [0, 0.05) is 5.02 Å². The molecule has 0 radical (unpaired) electrons. The van der Waals surface area contributed by atoms with Gasteiger partial charge in [0.25, 0.3) is 0 Å². The first-order chi connectivity index (χ1) is 9.57. The first-order valence-electron chi connectivity index (χ1n) is 7.34. The Kier molecular flexibility index (Phi) is 5.06. The van der Waals surface area contributed by atoms with Crippen LogP contribution in [0.4, 0.5) is 0 Å². The molecule has 1 aliphatic heterocycles. The molecule has 2 N–H and O–H groups in total. The number of hydrogen-bond donors (Lipinski definition) is 2. The smallest absolute Gasteiger partial charge is 0.226 e. The summed E-state index contributed by atoms with van der Waals surface area (Å²) in [6.07, 6.45) is 2.72. The molecule has 3 nitrogen and oxygen atoms in total. The molecule has 0 saturated carbocycles. The van der Waals surface area contributed by atoms with E-state index in [0.29, 0.717) is 5.02 Å². The number of benzene rings is 1. The highest BCUT2D eigenvalue weighted by atomic mass is 35.5. The van der Waals surface area contributed by atoms with E-state index < -0.39 is 0 Å². The van der Waals surface area contributed by atoms with Gasteiger partial charge in [0.2, 0.25) is 5.91 Å². The maximum Gasteiger partial charge on any atom is 0.226 e. The van der Waals surface area contributed by atoms with E-state index in [9.17, 15) is 4.79 Å². The molecule has 110 valence electrons. The second-order valence-electron chi connectivity index (χ2n) is 5.63. The largest absolute Gasteiger partial charge is 0.349 e. The zero-order chi connectivity index (χ0) is 14.6. The average Bonchev–Trinajstić information content (AvgIpc) is 2.47. The summed E-state index contributed by atoms with van der Waals surface area (Å²) in [6.45, 7) is 5.96. The topological polar surface area (TPSA) is 41.1 Å². The molecule has 1 saturated heterocycles. The molecule has 0 aromatic heterocycles. The SMILES string of the molecule is CCC1(C(=O)NC(C)c2cccc(Cl)c2)CCNCC1. The Labute approximate surface area is 126 Å². The van der Waals surface area contributed by atoms with Gasteiger partial charge in [-0.15, -0.1) is 0 Å². The summed E-state index contributed by atoms with van der Waals surface area (Å²) in [6, 6.07) is 7.66. The maximum absolute atomic E-state index is 12.6. The summed E-state index contributed by atoms with van der Waals surface area (Å²) in [7, 11) is 0. The molecule has 4 heteroatoms. The van der Waals surface area contributed by atoms with Crippen LogP contribution in [0.3, 0.4) is 0 Å². The normalized spacial score (nSPS) is 19.4. The van der Waals surface area contributed by atoms with Crippen LogP contribution in [0.15, 0.2) is 24.3 Å². The van der Waals surface area contributed by atoms with Gasteiger partial charge in [-0.25, -0.2) is 0 Å². The predicted octanol–water partition coefficient (Wildman–Crippen LogP) is 3.30. The number of halogens is 1. The number of piperidine rings is 1. The zero-order valence-electron chi connectivity index (χ0n) is 12.2. The van der Waals surface area contributed by atoms with Crippen LogP contribution in [0.1, 0.15) is 44.7 Å². The lowest BCUT2D eigenvalue weighted by Gasteiger charge is -2.36. The minimum absolute atomic E-state index is 0.0143. The molecule has 2 rings (SSSR count). The molecule has 1 aromatic carbocycles. The van der Waals surface area contributed by atoms with E-state index in [1.807, 2.05) is 31.2 Å². The molecule has 0 aliphatic carbocycles. The molecular weight excluding hydrogens is 272 g/mol. The molecular formula is C16H23ClN2O. The van der Waals surface area contributed by atoms with Gasteiger partial charge >= 0.3 is 0 Å². The Balaban J connectivity index is 2.06. The van der Waals surface area contributed by atoms with Crippen LogP contribution < -0.4 is 10.6 Å². The van der Waals surface area contributed by atoms with Gasteiger partial charge in [0.15, 0.2) is 0 Å². The minimum atomic E-state index is -0.210. The summed E-state index contributed by atoms with van der Waals surface area (Å²) in [5, 5.41) is 7.19. The van der Waals surface area contributed by atoms with E-state index in [1.165, 1.54) is 0 Å². The maximum atomic E-state index is 12.6. The van der Waals surface area contributed by atoms with Crippen LogP contribution in [0, 0.1) is 5.41 Å². The summed E-state index contributed by atoms with van der Waals surface area (Å²) in [4.78, 5) is 12.6. The van der Waals surface area contributed by atoms with Gasteiger partial charge in [-0.1, -0.05) is 30.7 Å². The van der Waals surface area contributed by atoms with Crippen molar-refractivity contribution < 1.29 is 4.79 Å². The van der Waals surface area contributed by atoms with Crippen LogP contribution >= 0.6 is 11.6 Å². The highest BCUT2D eigenvalue weighted by Crippen LogP contribution is 2.33. The van der Waals surface area contributed by atoms with Crippen LogP contribution in [0.25, 0.3) is 0 Å². The van der Waals surface area contributed by atoms with Crippen molar-refractivity contribution in [1.82, 2.24) is 10.6 Å². The van der Waals surface area contributed by atoms with Crippen LogP contribution in [0.2, 0.25) is 5.02 Å². The first kappa shape index (κ1) is 15.3. The highest BCUT2D eigenvalue weighted by Gasteiger charge is 2.38. The fourth-order valence-corrected chi connectivity index (χ4v) is 3.05. The monoisotopic (exact) mass is 294 g/mol. The molecule has 0 spiro atoms. The van der Waals surface area contributed by atoms with Gasteiger partial charge in [-0.3, -0.25) is 4.79 Å². The zero-order valence-corrected chi connectivity index (χ0v) is 13.0. The molecule has 1 fully saturated rings. The summed E-state index contributed by atoms with van der Waals surface area (Å²) >= 11 is 6.01. The van der Waals surface area contributed by atoms with E-state index in [-0.39, 0.29) is 17.4 Å². The van der Waals surface area contributed by atoms with Crippen molar-refractivity contribution in [2.75, 3.05) is 13.1 Å². The van der Waals surface area contributed by atoms with Crippen molar-refractivity contribution >= 4 is 17.5 Å². The molecule has 20 heavy (non-hydrogen) atoms. The number of hydrogen-bond acceptors (Lipinski definition) is 2. The molecule has 1 heterocycles. The number of carbonyl (C=O) groups excluding carboxylic acids is 1. The van der Waals surface area contributed by atoms with Gasteiger partial charge in [0.1, 0.15) is 0 Å². The second-order valence-corrected chi connectivity index (χ2v) is 6.07. The fourth-order valence-electron chi connectivity index (χ4n) is 2.86. The average molecular weight is 295 g/mol. The number of rotatable bonds is 4. The van der Waals surface area contributed by atoms with Crippen molar-refractivity contribution in [3.05, 3.63) is 34.9 Å². The van der Waals surface area contributed by atoms with E-state index >= 15 is 0 Å². The number of carbonyl (C=O) groups is 1. The van der Waals surface area contributed by atoms with Crippen molar-refractivity contribution in [2.45, 2.75) is 39.2 Å². The molecule has 1 unspecified atom stereocenters. The Morgan fingerprint density at radius 3 is 2.75 bits per heavy atom. The molecule has 1 aromatic rings. The third kappa shape index (κ3) is 3.33. The van der Waals surface area contributed by atoms with E-state index in [0.717, 1.165) is 37.9 Å². The first-order valence-corrected chi connectivity index (χ1v) is 7.72. The lowest BCUT2D eigenvalue weighted by Crippen LogP contribution is -2.47. The van der Waals surface area contributed by atoms with Gasteiger partial charge in [0.05, 0.1) is 11.5 Å². The third-order valence-corrected chi connectivity index (χ3v) is 4.65. The van der Waals surface area contributed by atoms with Gasteiger partial charge < -0.3 is 10.6 Å². The Bertz CT molecular complexity index is 469. The highest BCUT2D eigenvalue weighted by molar-refractivity contribution is 6.30. The summed E-state index contributed by atoms with van der Waals surface area (Å²) in [5.41, 5.74) is 0.837. The Morgan fingerprint density at radius 1 is 1.45 bits per heavy atom. The van der Waals surface area contributed by atoms with Gasteiger partial charge in [-0.05, 0) is 57.0 Å². The Hall–Kier alpha value is -1.06. The van der Waals surface area contributed by atoms with Crippen molar-refractivity contribution in [3.63, 3.8) is 0 Å². The predicted molar refractivity (Wildman–Crippen MR) is 82.8 cm³/mol. The van der Waals surface area contributed by atoms with Gasteiger partial charge in [-0.2, -0.15) is 0 Å². The van der Waals surface area contributed by atoms with Crippen molar-refractivity contribution in [3.8, 4) is 0 Å².